The first-order valence-corrected chi connectivity index (χ1v) is 8.10. The number of benzene rings is 2. The molecule has 1 unspecified atom stereocenters. The van der Waals surface area contributed by atoms with Gasteiger partial charge in [0.25, 0.3) is 0 Å². The number of ether oxygens (including phenoxy) is 1. The fourth-order valence-corrected chi connectivity index (χ4v) is 2.30. The van der Waals surface area contributed by atoms with Crippen molar-refractivity contribution in [2.75, 3.05) is 31.6 Å². The standard InChI is InChI=1S/C18H23ClN2O2/c1-14-17(19)8-5-9-18(14)21-11-10-20-12-15(22)13-23-16-6-3-2-4-7-16/h2-9,15,20-22H,10-13H2,1H3. The van der Waals surface area contributed by atoms with E-state index >= 15 is 0 Å². The molecule has 1 atom stereocenters. The van der Waals surface area contributed by atoms with E-state index < -0.39 is 6.10 Å². The summed E-state index contributed by atoms with van der Waals surface area (Å²) in [4.78, 5) is 0. The van der Waals surface area contributed by atoms with Crippen molar-refractivity contribution < 1.29 is 9.84 Å². The quantitative estimate of drug-likeness (QED) is 0.617. The van der Waals surface area contributed by atoms with E-state index in [9.17, 15) is 5.11 Å². The van der Waals surface area contributed by atoms with E-state index in [0.29, 0.717) is 6.54 Å². The molecule has 23 heavy (non-hydrogen) atoms. The van der Waals surface area contributed by atoms with Gasteiger partial charge in [-0.05, 0) is 36.8 Å². The molecule has 0 radical (unpaired) electrons. The molecule has 0 saturated heterocycles. The van der Waals surface area contributed by atoms with Gasteiger partial charge in [-0.15, -0.1) is 0 Å². The van der Waals surface area contributed by atoms with E-state index in [1.54, 1.807) is 0 Å². The summed E-state index contributed by atoms with van der Waals surface area (Å²) in [5, 5.41) is 17.2. The number of hydrogen-bond donors (Lipinski definition) is 3. The maximum atomic E-state index is 9.88. The van der Waals surface area contributed by atoms with Crippen LogP contribution < -0.4 is 15.4 Å². The van der Waals surface area contributed by atoms with Gasteiger partial charge in [0, 0.05) is 30.3 Å². The highest BCUT2D eigenvalue weighted by Crippen LogP contribution is 2.22. The van der Waals surface area contributed by atoms with E-state index in [1.165, 1.54) is 0 Å². The van der Waals surface area contributed by atoms with Crippen LogP contribution in [-0.2, 0) is 0 Å². The van der Waals surface area contributed by atoms with Crippen molar-refractivity contribution in [2.24, 2.45) is 0 Å². The number of aliphatic hydroxyl groups is 1. The Hall–Kier alpha value is -1.75. The zero-order valence-corrected chi connectivity index (χ0v) is 14.0. The van der Waals surface area contributed by atoms with Crippen molar-refractivity contribution in [2.45, 2.75) is 13.0 Å². The Balaban J connectivity index is 1.59. The lowest BCUT2D eigenvalue weighted by Gasteiger charge is -2.14. The van der Waals surface area contributed by atoms with Crippen LogP contribution in [0.25, 0.3) is 0 Å². The van der Waals surface area contributed by atoms with Gasteiger partial charge in [-0.2, -0.15) is 0 Å². The molecule has 0 amide bonds. The lowest BCUT2D eigenvalue weighted by atomic mass is 10.2. The SMILES string of the molecule is Cc1c(Cl)cccc1NCCNCC(O)COc1ccccc1. The summed E-state index contributed by atoms with van der Waals surface area (Å²) in [7, 11) is 0. The zero-order chi connectivity index (χ0) is 16.5. The van der Waals surface area contributed by atoms with E-state index in [0.717, 1.165) is 35.1 Å². The largest absolute Gasteiger partial charge is 0.491 e. The Labute approximate surface area is 142 Å². The van der Waals surface area contributed by atoms with Crippen LogP contribution in [0.2, 0.25) is 5.02 Å². The van der Waals surface area contributed by atoms with Gasteiger partial charge < -0.3 is 20.5 Å². The molecule has 0 spiro atoms. The van der Waals surface area contributed by atoms with Crippen LogP contribution in [0, 0.1) is 6.92 Å². The van der Waals surface area contributed by atoms with Crippen molar-refractivity contribution in [1.29, 1.82) is 0 Å². The first-order chi connectivity index (χ1) is 11.2. The number of hydrogen-bond acceptors (Lipinski definition) is 4. The van der Waals surface area contributed by atoms with Crippen LogP contribution in [0.15, 0.2) is 48.5 Å². The highest BCUT2D eigenvalue weighted by Gasteiger charge is 2.05. The van der Waals surface area contributed by atoms with Gasteiger partial charge in [0.2, 0.25) is 0 Å². The minimum atomic E-state index is -0.539. The average molecular weight is 335 g/mol. The van der Waals surface area contributed by atoms with Gasteiger partial charge in [-0.3, -0.25) is 0 Å². The lowest BCUT2D eigenvalue weighted by Crippen LogP contribution is -2.34. The Morgan fingerprint density at radius 3 is 2.65 bits per heavy atom. The second kappa shape index (κ2) is 9.40. The first kappa shape index (κ1) is 17.6. The number of para-hydroxylation sites is 1. The van der Waals surface area contributed by atoms with Gasteiger partial charge in [-0.25, -0.2) is 0 Å². The second-order valence-electron chi connectivity index (χ2n) is 5.32. The summed E-state index contributed by atoms with van der Waals surface area (Å²) >= 11 is 6.08. The molecule has 0 bridgehead atoms. The smallest absolute Gasteiger partial charge is 0.119 e. The van der Waals surface area contributed by atoms with Crippen molar-refractivity contribution >= 4 is 17.3 Å². The number of rotatable bonds is 9. The molecular weight excluding hydrogens is 312 g/mol. The van der Waals surface area contributed by atoms with E-state index in [4.69, 9.17) is 16.3 Å². The molecule has 3 N–H and O–H groups in total. The molecule has 0 heterocycles. The number of aliphatic hydroxyl groups excluding tert-OH is 1. The molecule has 0 aliphatic heterocycles. The van der Waals surface area contributed by atoms with Gasteiger partial charge >= 0.3 is 0 Å². The third-order valence-electron chi connectivity index (χ3n) is 3.45. The zero-order valence-electron chi connectivity index (χ0n) is 13.3. The fraction of sp³-hybridized carbons (Fsp3) is 0.333. The molecule has 0 aliphatic rings. The van der Waals surface area contributed by atoms with Gasteiger partial charge in [0.15, 0.2) is 0 Å². The van der Waals surface area contributed by atoms with Crippen molar-refractivity contribution in [3.8, 4) is 5.75 Å². The van der Waals surface area contributed by atoms with Crippen molar-refractivity contribution in [3.05, 3.63) is 59.1 Å². The summed E-state index contributed by atoms with van der Waals surface area (Å²) in [6, 6.07) is 15.3. The summed E-state index contributed by atoms with van der Waals surface area (Å²) < 4.78 is 5.50. The molecule has 0 aromatic heterocycles. The van der Waals surface area contributed by atoms with E-state index in [-0.39, 0.29) is 6.61 Å². The van der Waals surface area contributed by atoms with Gasteiger partial charge in [0.1, 0.15) is 18.5 Å². The van der Waals surface area contributed by atoms with Crippen LogP contribution in [0.5, 0.6) is 5.75 Å². The van der Waals surface area contributed by atoms with Crippen LogP contribution in [0.3, 0.4) is 0 Å². The lowest BCUT2D eigenvalue weighted by molar-refractivity contribution is 0.107. The average Bonchev–Trinajstić information content (AvgIpc) is 2.57. The number of anilines is 1. The molecule has 0 saturated carbocycles. The van der Waals surface area contributed by atoms with E-state index in [1.807, 2.05) is 55.5 Å². The number of halogens is 1. The number of nitrogens with one attached hydrogen (secondary N) is 2. The van der Waals surface area contributed by atoms with Crippen molar-refractivity contribution in [3.63, 3.8) is 0 Å². The molecular formula is C18H23ClN2O2. The molecule has 5 heteroatoms. The molecule has 124 valence electrons. The summed E-state index contributed by atoms with van der Waals surface area (Å²) in [6.45, 7) is 4.26. The minimum absolute atomic E-state index is 0.276. The highest BCUT2D eigenvalue weighted by atomic mass is 35.5. The normalized spacial score (nSPS) is 12.0. The Morgan fingerprint density at radius 2 is 1.87 bits per heavy atom. The molecule has 2 aromatic rings. The molecule has 0 fully saturated rings. The van der Waals surface area contributed by atoms with E-state index in [2.05, 4.69) is 10.6 Å². The van der Waals surface area contributed by atoms with Gasteiger partial charge in [-0.1, -0.05) is 35.9 Å². The predicted octanol–water partition coefficient (Wildman–Crippen LogP) is 3.09. The van der Waals surface area contributed by atoms with Crippen molar-refractivity contribution in [1.82, 2.24) is 5.32 Å². The highest BCUT2D eigenvalue weighted by molar-refractivity contribution is 6.31. The maximum Gasteiger partial charge on any atom is 0.119 e. The summed E-state index contributed by atoms with van der Waals surface area (Å²) in [6.07, 6.45) is -0.539. The first-order valence-electron chi connectivity index (χ1n) is 7.72. The van der Waals surface area contributed by atoms with Gasteiger partial charge in [0.05, 0.1) is 0 Å². The predicted molar refractivity (Wildman–Crippen MR) is 95.5 cm³/mol. The minimum Gasteiger partial charge on any atom is -0.491 e. The second-order valence-corrected chi connectivity index (χ2v) is 5.73. The van der Waals surface area contributed by atoms with Crippen LogP contribution >= 0.6 is 11.6 Å². The summed E-state index contributed by atoms with van der Waals surface area (Å²) in [5.41, 5.74) is 2.08. The molecule has 2 rings (SSSR count). The third kappa shape index (κ3) is 6.10. The Kier molecular flexibility index (Phi) is 7.20. The van der Waals surface area contributed by atoms with Crippen LogP contribution in [0.1, 0.15) is 5.56 Å². The van der Waals surface area contributed by atoms with Crippen LogP contribution in [0.4, 0.5) is 5.69 Å². The third-order valence-corrected chi connectivity index (χ3v) is 3.86. The van der Waals surface area contributed by atoms with Crippen LogP contribution in [-0.4, -0.2) is 37.5 Å². The molecule has 2 aromatic carbocycles. The topological polar surface area (TPSA) is 53.5 Å². The Morgan fingerprint density at radius 1 is 1.09 bits per heavy atom. The molecule has 4 nitrogen and oxygen atoms in total. The monoisotopic (exact) mass is 334 g/mol. The fourth-order valence-electron chi connectivity index (χ4n) is 2.12. The maximum absolute atomic E-state index is 9.88. The molecule has 0 aliphatic carbocycles. The Bertz CT molecular complexity index is 593. The summed E-state index contributed by atoms with van der Waals surface area (Å²) in [5.74, 6) is 0.768.